The van der Waals surface area contributed by atoms with Crippen LogP contribution in [0.4, 0.5) is 10.3 Å². The molecule has 1 amide bonds. The van der Waals surface area contributed by atoms with Crippen molar-refractivity contribution >= 4 is 44.9 Å². The highest BCUT2D eigenvalue weighted by Crippen LogP contribution is 2.34. The molecule has 118 valence electrons. The van der Waals surface area contributed by atoms with Gasteiger partial charge in [0.25, 0.3) is 5.91 Å². The van der Waals surface area contributed by atoms with Crippen LogP contribution in [-0.4, -0.2) is 35.3 Å². The summed E-state index contributed by atoms with van der Waals surface area (Å²) in [7, 11) is -2.30. The number of benzene rings is 1. The highest BCUT2D eigenvalue weighted by Gasteiger charge is 2.27. The fourth-order valence-corrected chi connectivity index (χ4v) is 3.88. The molecule has 1 aromatic heterocycles. The summed E-state index contributed by atoms with van der Waals surface area (Å²) in [5, 5.41) is 8.42. The predicted molar refractivity (Wildman–Crippen MR) is 78.5 cm³/mol. The molecule has 7 nitrogen and oxygen atoms in total. The van der Waals surface area contributed by atoms with Crippen LogP contribution in [0.2, 0.25) is 10.0 Å². The molecule has 0 aliphatic heterocycles. The highest BCUT2D eigenvalue weighted by atomic mass is 35.5. The molecule has 2 aromatic rings. The highest BCUT2D eigenvalue weighted by molar-refractivity contribution is 7.91. The van der Waals surface area contributed by atoms with Crippen molar-refractivity contribution in [3.63, 3.8) is 0 Å². The van der Waals surface area contributed by atoms with E-state index in [0.29, 0.717) is 0 Å². The van der Waals surface area contributed by atoms with Gasteiger partial charge in [0.1, 0.15) is 17.0 Å². The molecule has 0 aliphatic rings. The van der Waals surface area contributed by atoms with Crippen LogP contribution in [0.1, 0.15) is 10.4 Å². The van der Waals surface area contributed by atoms with Gasteiger partial charge < -0.3 is 4.57 Å². The minimum atomic E-state index is -3.85. The van der Waals surface area contributed by atoms with E-state index >= 15 is 0 Å². The third-order valence-electron chi connectivity index (χ3n) is 2.66. The van der Waals surface area contributed by atoms with Gasteiger partial charge in [0, 0.05) is 13.3 Å². The summed E-state index contributed by atoms with van der Waals surface area (Å²) in [5.41, 5.74) is -0.644. The number of nitrogens with one attached hydrogen (secondary N) is 1. The maximum atomic E-state index is 14.0. The van der Waals surface area contributed by atoms with Crippen LogP contribution in [0.15, 0.2) is 17.3 Å². The number of amides is 1. The second-order valence-corrected chi connectivity index (χ2v) is 7.09. The van der Waals surface area contributed by atoms with E-state index in [1.807, 2.05) is 0 Å². The molecule has 2 rings (SSSR count). The van der Waals surface area contributed by atoms with Gasteiger partial charge in [-0.15, -0.1) is 10.2 Å². The van der Waals surface area contributed by atoms with Crippen LogP contribution >= 0.6 is 23.2 Å². The van der Waals surface area contributed by atoms with Crippen molar-refractivity contribution in [3.05, 3.63) is 33.8 Å². The third-order valence-corrected chi connectivity index (χ3v) is 4.73. The lowest BCUT2D eigenvalue weighted by Crippen LogP contribution is -2.18. The summed E-state index contributed by atoms with van der Waals surface area (Å²) in [4.78, 5) is 11.6. The lowest BCUT2D eigenvalue weighted by molar-refractivity contribution is 0.102. The van der Waals surface area contributed by atoms with Gasteiger partial charge in [-0.1, -0.05) is 23.2 Å². The number of carbonyl (C=O) groups is 1. The quantitative estimate of drug-likeness (QED) is 0.837. The fourth-order valence-electron chi connectivity index (χ4n) is 1.68. The molecule has 0 saturated carbocycles. The molecular formula is C11H9Cl2FN4O3S. The van der Waals surface area contributed by atoms with Crippen LogP contribution in [0.25, 0.3) is 0 Å². The van der Waals surface area contributed by atoms with Gasteiger partial charge in [0.2, 0.25) is 5.95 Å². The maximum absolute atomic E-state index is 14.0. The average molecular weight is 367 g/mol. The Bertz CT molecular complexity index is 866. The lowest BCUT2D eigenvalue weighted by Gasteiger charge is -2.11. The number of hydrogen-bond acceptors (Lipinski definition) is 5. The first-order chi connectivity index (χ1) is 10.1. The first-order valence-corrected chi connectivity index (χ1v) is 8.30. The number of carbonyl (C=O) groups excluding carboxylic acids is 1. The van der Waals surface area contributed by atoms with E-state index in [0.717, 1.165) is 12.3 Å². The van der Waals surface area contributed by atoms with Crippen molar-refractivity contribution in [3.8, 4) is 0 Å². The Morgan fingerprint density at radius 2 is 2.05 bits per heavy atom. The summed E-state index contributed by atoms with van der Waals surface area (Å²) >= 11 is 11.6. The molecule has 1 heterocycles. The predicted octanol–water partition coefficient (Wildman–Crippen LogP) is 1.92. The van der Waals surface area contributed by atoms with Gasteiger partial charge in [-0.05, 0) is 6.07 Å². The summed E-state index contributed by atoms with van der Waals surface area (Å²) < 4.78 is 38.7. The largest absolute Gasteiger partial charge is 0.303 e. The molecule has 0 aliphatic carbocycles. The van der Waals surface area contributed by atoms with Gasteiger partial charge in [-0.2, -0.15) is 0 Å². The first-order valence-electron chi connectivity index (χ1n) is 5.65. The molecule has 22 heavy (non-hydrogen) atoms. The van der Waals surface area contributed by atoms with Crippen molar-refractivity contribution in [1.29, 1.82) is 0 Å². The van der Waals surface area contributed by atoms with E-state index in [9.17, 15) is 17.6 Å². The summed E-state index contributed by atoms with van der Waals surface area (Å²) in [6, 6.07) is 0.718. The number of aryl methyl sites for hydroxylation is 1. The first kappa shape index (κ1) is 16.7. The van der Waals surface area contributed by atoms with Crippen molar-refractivity contribution in [2.24, 2.45) is 7.05 Å². The molecule has 0 radical (unpaired) electrons. The summed E-state index contributed by atoms with van der Waals surface area (Å²) in [6.45, 7) is 0. The minimum absolute atomic E-state index is 0.0383. The van der Waals surface area contributed by atoms with Crippen LogP contribution in [0.5, 0.6) is 0 Å². The number of rotatable bonds is 3. The zero-order valence-electron chi connectivity index (χ0n) is 11.3. The molecular weight excluding hydrogens is 358 g/mol. The number of halogens is 3. The molecule has 0 fully saturated rings. The topological polar surface area (TPSA) is 93.9 Å². The number of sulfone groups is 1. The van der Waals surface area contributed by atoms with E-state index in [1.54, 1.807) is 7.05 Å². The van der Waals surface area contributed by atoms with Gasteiger partial charge in [0.15, 0.2) is 9.84 Å². The third kappa shape index (κ3) is 3.06. The van der Waals surface area contributed by atoms with Gasteiger partial charge in [-0.25, -0.2) is 12.8 Å². The molecule has 0 bridgehead atoms. The Balaban J connectivity index is 2.56. The Morgan fingerprint density at radius 1 is 1.41 bits per heavy atom. The van der Waals surface area contributed by atoms with Gasteiger partial charge in [0.05, 0.1) is 15.6 Å². The van der Waals surface area contributed by atoms with Crippen molar-refractivity contribution in [1.82, 2.24) is 14.8 Å². The zero-order chi connectivity index (χ0) is 16.7. The van der Waals surface area contributed by atoms with E-state index in [2.05, 4.69) is 15.5 Å². The number of hydrogen-bond donors (Lipinski definition) is 1. The van der Waals surface area contributed by atoms with E-state index in [1.165, 1.54) is 10.9 Å². The molecule has 0 unspecified atom stereocenters. The molecule has 1 aromatic carbocycles. The Morgan fingerprint density at radius 3 is 2.55 bits per heavy atom. The van der Waals surface area contributed by atoms with Crippen LogP contribution in [0, 0.1) is 5.82 Å². The van der Waals surface area contributed by atoms with Crippen LogP contribution in [-0.2, 0) is 16.9 Å². The van der Waals surface area contributed by atoms with Crippen molar-refractivity contribution in [2.45, 2.75) is 4.90 Å². The molecule has 0 spiro atoms. The SMILES string of the molecule is Cn1cnnc1NC(=O)c1c(F)cc(Cl)c(S(C)(=O)=O)c1Cl. The summed E-state index contributed by atoms with van der Waals surface area (Å²) in [5.74, 6) is -1.99. The standard InChI is InChI=1S/C11H9Cl2FN4O3S/c1-18-4-15-17-11(18)16-10(19)7-6(14)3-5(12)9(8(7)13)22(2,20)21/h3-4H,1-2H3,(H,16,17,19). The second kappa shape index (κ2) is 5.82. The minimum Gasteiger partial charge on any atom is -0.303 e. The zero-order valence-corrected chi connectivity index (χ0v) is 13.6. The van der Waals surface area contributed by atoms with E-state index < -0.39 is 42.1 Å². The average Bonchev–Trinajstić information content (AvgIpc) is 2.72. The number of aromatic nitrogens is 3. The normalized spacial score (nSPS) is 11.5. The molecule has 0 atom stereocenters. The molecule has 0 saturated heterocycles. The fraction of sp³-hybridized carbons (Fsp3) is 0.182. The maximum Gasteiger partial charge on any atom is 0.262 e. The van der Waals surface area contributed by atoms with Crippen LogP contribution < -0.4 is 5.32 Å². The lowest BCUT2D eigenvalue weighted by atomic mass is 10.2. The van der Waals surface area contributed by atoms with Gasteiger partial charge in [-0.3, -0.25) is 10.1 Å². The Hall–Kier alpha value is -1.71. The number of anilines is 1. The summed E-state index contributed by atoms with van der Waals surface area (Å²) in [6.07, 6.45) is 2.17. The van der Waals surface area contributed by atoms with E-state index in [4.69, 9.17) is 23.2 Å². The van der Waals surface area contributed by atoms with Crippen LogP contribution in [0.3, 0.4) is 0 Å². The van der Waals surface area contributed by atoms with Crippen molar-refractivity contribution in [2.75, 3.05) is 11.6 Å². The monoisotopic (exact) mass is 366 g/mol. The molecule has 11 heteroatoms. The van der Waals surface area contributed by atoms with Gasteiger partial charge >= 0.3 is 0 Å². The van der Waals surface area contributed by atoms with E-state index in [-0.39, 0.29) is 5.95 Å². The number of nitrogens with zero attached hydrogens (tertiary/aromatic N) is 3. The Kier molecular flexibility index (Phi) is 4.41. The second-order valence-electron chi connectivity index (χ2n) is 4.35. The van der Waals surface area contributed by atoms with Crippen molar-refractivity contribution < 1.29 is 17.6 Å². The Labute approximate surface area is 135 Å². The smallest absolute Gasteiger partial charge is 0.262 e. The molecule has 1 N–H and O–H groups in total.